The van der Waals surface area contributed by atoms with Crippen LogP contribution >= 0.6 is 0 Å². The zero-order valence-electron chi connectivity index (χ0n) is 14.1. The van der Waals surface area contributed by atoms with E-state index in [2.05, 4.69) is 0 Å². The summed E-state index contributed by atoms with van der Waals surface area (Å²) in [4.78, 5) is 11.9. The number of carbonyl (C=O) groups excluding carboxylic acids is 1. The van der Waals surface area contributed by atoms with Gasteiger partial charge in [-0.2, -0.15) is 13.2 Å². The first kappa shape index (κ1) is 20.7. The molecule has 26 heavy (non-hydrogen) atoms. The molecule has 1 aliphatic rings. The summed E-state index contributed by atoms with van der Waals surface area (Å²) in [5, 5.41) is 0. The van der Waals surface area contributed by atoms with E-state index in [1.165, 1.54) is 38.1 Å². The third kappa shape index (κ3) is 4.74. The Bertz CT molecular complexity index is 713. The van der Waals surface area contributed by atoms with Gasteiger partial charge in [0.05, 0.1) is 23.2 Å². The Hall–Kier alpha value is -1.65. The number of alkyl halides is 3. The molecule has 1 fully saturated rings. The molecule has 0 spiro atoms. The van der Waals surface area contributed by atoms with Crippen molar-refractivity contribution in [1.82, 2.24) is 0 Å². The molecular weight excluding hydrogens is 377 g/mol. The number of carbonyl (C=O) groups is 1. The largest absolute Gasteiger partial charge is 0.466 e. The fourth-order valence-electron chi connectivity index (χ4n) is 2.62. The van der Waals surface area contributed by atoms with Crippen LogP contribution in [0.2, 0.25) is 0 Å². The number of halogens is 3. The lowest BCUT2D eigenvalue weighted by Gasteiger charge is -2.40. The van der Waals surface area contributed by atoms with Crippen molar-refractivity contribution in [3.8, 4) is 0 Å². The van der Waals surface area contributed by atoms with Gasteiger partial charge in [-0.15, -0.1) is 0 Å². The smallest absolute Gasteiger partial charge is 0.393 e. The first-order valence-corrected chi connectivity index (χ1v) is 9.53. The molecule has 0 radical (unpaired) electrons. The highest BCUT2D eigenvalue weighted by atomic mass is 32.2. The van der Waals surface area contributed by atoms with E-state index in [-0.39, 0.29) is 11.5 Å². The lowest BCUT2D eigenvalue weighted by molar-refractivity contribution is -0.398. The van der Waals surface area contributed by atoms with Crippen LogP contribution in [0.1, 0.15) is 13.8 Å². The molecule has 1 aromatic rings. The van der Waals surface area contributed by atoms with E-state index in [4.69, 9.17) is 14.2 Å². The van der Waals surface area contributed by atoms with E-state index in [9.17, 15) is 26.4 Å². The van der Waals surface area contributed by atoms with E-state index in [0.717, 1.165) is 0 Å². The van der Waals surface area contributed by atoms with Crippen molar-refractivity contribution in [3.05, 3.63) is 30.3 Å². The first-order chi connectivity index (χ1) is 12.1. The minimum atomic E-state index is -4.98. The van der Waals surface area contributed by atoms with Gasteiger partial charge in [0.25, 0.3) is 0 Å². The molecular formula is C16H19F3O6S. The standard InChI is InChI=1S/C16H19F3O6S/c1-3-23-14(20)13(15-24-10(2)25-15)12(16(17,18)19)9-26(21,22)11-7-5-4-6-8-11/h4-8,10,12-13,15H,3,9H2,1-2H3. The molecule has 10 heteroatoms. The summed E-state index contributed by atoms with van der Waals surface area (Å²) in [6.45, 7) is 2.72. The third-order valence-electron chi connectivity index (χ3n) is 3.86. The van der Waals surface area contributed by atoms with E-state index in [1.54, 1.807) is 6.07 Å². The van der Waals surface area contributed by atoms with Crippen LogP contribution in [-0.4, -0.2) is 45.5 Å². The molecule has 6 nitrogen and oxygen atoms in total. The highest BCUT2D eigenvalue weighted by molar-refractivity contribution is 7.91. The SMILES string of the molecule is CCOC(=O)C(C1OC(C)O1)C(CS(=O)(=O)c1ccccc1)C(F)(F)F. The Kier molecular flexibility index (Phi) is 6.30. The molecule has 0 aliphatic carbocycles. The highest BCUT2D eigenvalue weighted by Gasteiger charge is 2.56. The van der Waals surface area contributed by atoms with Gasteiger partial charge in [-0.25, -0.2) is 8.42 Å². The maximum absolute atomic E-state index is 13.7. The zero-order valence-corrected chi connectivity index (χ0v) is 14.9. The van der Waals surface area contributed by atoms with Crippen LogP contribution in [-0.2, 0) is 28.8 Å². The number of sulfone groups is 1. The van der Waals surface area contributed by atoms with Crippen molar-refractivity contribution in [2.75, 3.05) is 12.4 Å². The summed E-state index contributed by atoms with van der Waals surface area (Å²) < 4.78 is 80.6. The zero-order chi connectivity index (χ0) is 19.5. The molecule has 2 unspecified atom stereocenters. The van der Waals surface area contributed by atoms with Gasteiger partial charge < -0.3 is 14.2 Å². The second-order valence-corrected chi connectivity index (χ2v) is 7.76. The molecule has 0 saturated carbocycles. The van der Waals surface area contributed by atoms with Crippen LogP contribution in [0, 0.1) is 11.8 Å². The number of benzene rings is 1. The van der Waals surface area contributed by atoms with Crippen LogP contribution in [0.4, 0.5) is 13.2 Å². The Morgan fingerprint density at radius 3 is 2.27 bits per heavy atom. The minimum absolute atomic E-state index is 0.159. The average molecular weight is 396 g/mol. The molecule has 2 atom stereocenters. The predicted octanol–water partition coefficient (Wildman–Crippen LogP) is 2.54. The number of hydrogen-bond acceptors (Lipinski definition) is 6. The second kappa shape index (κ2) is 7.93. The van der Waals surface area contributed by atoms with E-state index in [0.29, 0.717) is 0 Å². The number of rotatable bonds is 7. The van der Waals surface area contributed by atoms with Crippen LogP contribution in [0.3, 0.4) is 0 Å². The van der Waals surface area contributed by atoms with Crippen molar-refractivity contribution in [2.45, 2.75) is 37.5 Å². The van der Waals surface area contributed by atoms with Crippen molar-refractivity contribution in [2.24, 2.45) is 11.8 Å². The maximum Gasteiger partial charge on any atom is 0.393 e. The summed E-state index contributed by atoms with van der Waals surface area (Å²) in [5.74, 6) is -7.01. The van der Waals surface area contributed by atoms with Crippen molar-refractivity contribution in [1.29, 1.82) is 0 Å². The average Bonchev–Trinajstić information content (AvgIpc) is 2.52. The number of esters is 1. The fraction of sp³-hybridized carbons (Fsp3) is 0.562. The van der Waals surface area contributed by atoms with Gasteiger partial charge in [-0.05, 0) is 26.0 Å². The summed E-state index contributed by atoms with van der Waals surface area (Å²) in [6, 6.07) is 6.73. The second-order valence-electron chi connectivity index (χ2n) is 5.73. The predicted molar refractivity (Wildman–Crippen MR) is 83.6 cm³/mol. The monoisotopic (exact) mass is 396 g/mol. The van der Waals surface area contributed by atoms with Gasteiger partial charge in [-0.1, -0.05) is 18.2 Å². The van der Waals surface area contributed by atoms with Crippen molar-refractivity contribution < 1.29 is 40.6 Å². The Labute approximate surface area is 149 Å². The molecule has 2 rings (SSSR count). The quantitative estimate of drug-likeness (QED) is 0.659. The Balaban J connectivity index is 2.36. The number of hydrogen-bond donors (Lipinski definition) is 0. The molecule has 1 aliphatic heterocycles. The normalized spacial score (nSPS) is 23.0. The Morgan fingerprint density at radius 1 is 1.23 bits per heavy atom. The van der Waals surface area contributed by atoms with Gasteiger partial charge >= 0.3 is 12.1 Å². The lowest BCUT2D eigenvalue weighted by atomic mass is 9.91. The summed E-state index contributed by atoms with van der Waals surface area (Å²) in [6.07, 6.45) is -7.27. The van der Waals surface area contributed by atoms with Crippen LogP contribution in [0.5, 0.6) is 0 Å². The van der Waals surface area contributed by atoms with E-state index < -0.39 is 52.2 Å². The van der Waals surface area contributed by atoms with Crippen molar-refractivity contribution >= 4 is 15.8 Å². The molecule has 1 aromatic carbocycles. The Morgan fingerprint density at radius 2 is 1.81 bits per heavy atom. The minimum Gasteiger partial charge on any atom is -0.466 e. The fourth-order valence-corrected chi connectivity index (χ4v) is 4.26. The van der Waals surface area contributed by atoms with Crippen LogP contribution in [0.15, 0.2) is 35.2 Å². The molecule has 0 bridgehead atoms. The van der Waals surface area contributed by atoms with Crippen LogP contribution in [0.25, 0.3) is 0 Å². The molecule has 0 aromatic heterocycles. The summed E-state index contributed by atoms with van der Waals surface area (Å²) in [5.41, 5.74) is 0. The molecule has 1 heterocycles. The van der Waals surface area contributed by atoms with Gasteiger partial charge in [0, 0.05) is 0 Å². The van der Waals surface area contributed by atoms with E-state index in [1.807, 2.05) is 0 Å². The topological polar surface area (TPSA) is 78.9 Å². The highest BCUT2D eigenvalue weighted by Crippen LogP contribution is 2.40. The first-order valence-electron chi connectivity index (χ1n) is 7.88. The number of ether oxygens (including phenoxy) is 3. The summed E-state index contributed by atoms with van der Waals surface area (Å²) >= 11 is 0. The van der Waals surface area contributed by atoms with E-state index >= 15 is 0 Å². The summed E-state index contributed by atoms with van der Waals surface area (Å²) in [7, 11) is -4.31. The van der Waals surface area contributed by atoms with Gasteiger partial charge in [-0.3, -0.25) is 4.79 Å². The molecule has 0 N–H and O–H groups in total. The van der Waals surface area contributed by atoms with Gasteiger partial charge in [0.1, 0.15) is 5.92 Å². The van der Waals surface area contributed by atoms with Gasteiger partial charge in [0.2, 0.25) is 0 Å². The molecule has 1 saturated heterocycles. The molecule has 146 valence electrons. The van der Waals surface area contributed by atoms with Crippen molar-refractivity contribution in [3.63, 3.8) is 0 Å². The molecule has 0 amide bonds. The van der Waals surface area contributed by atoms with Crippen LogP contribution < -0.4 is 0 Å². The lowest BCUT2D eigenvalue weighted by Crippen LogP contribution is -2.54. The maximum atomic E-state index is 13.7. The van der Waals surface area contributed by atoms with Gasteiger partial charge in [0.15, 0.2) is 22.4 Å². The third-order valence-corrected chi connectivity index (χ3v) is 5.65.